The number of nitrogens with zero attached hydrogens (tertiary/aromatic N) is 1. The van der Waals surface area contributed by atoms with E-state index in [0.29, 0.717) is 18.3 Å². The van der Waals surface area contributed by atoms with Gasteiger partial charge in [0.15, 0.2) is 5.82 Å². The maximum atomic E-state index is 12.2. The maximum Gasteiger partial charge on any atom is 0.254 e. The zero-order valence-corrected chi connectivity index (χ0v) is 14.0. The largest absolute Gasteiger partial charge is 0.364 e. The Hall–Kier alpha value is -1.11. The van der Waals surface area contributed by atoms with Crippen molar-refractivity contribution in [1.29, 1.82) is 0 Å². The van der Waals surface area contributed by atoms with Gasteiger partial charge in [-0.3, -0.25) is 9.89 Å². The number of hydrogen-bond acceptors (Lipinski definition) is 4. The molecule has 5 atom stereocenters. The molecule has 1 aromatic heterocycles. The lowest BCUT2D eigenvalue weighted by Gasteiger charge is -2.19. The fraction of sp³-hybridized carbons (Fsp3) is 0.750. The van der Waals surface area contributed by atoms with Crippen molar-refractivity contribution in [3.05, 3.63) is 11.8 Å². The van der Waals surface area contributed by atoms with Crippen molar-refractivity contribution < 1.29 is 9.53 Å². The smallest absolute Gasteiger partial charge is 0.254 e. The van der Waals surface area contributed by atoms with Crippen LogP contribution >= 0.6 is 12.4 Å². The lowest BCUT2D eigenvalue weighted by atomic mass is 9.86. The summed E-state index contributed by atoms with van der Waals surface area (Å²) < 4.78 is 5.62. The summed E-state index contributed by atoms with van der Waals surface area (Å²) in [6, 6.07) is 2.00. The molecule has 1 aromatic rings. The molecule has 2 bridgehead atoms. The molecule has 7 heteroatoms. The van der Waals surface area contributed by atoms with Crippen LogP contribution in [0.2, 0.25) is 0 Å². The third-order valence-corrected chi connectivity index (χ3v) is 5.65. The molecule has 2 heterocycles. The van der Waals surface area contributed by atoms with Crippen molar-refractivity contribution in [2.75, 3.05) is 11.9 Å². The second kappa shape index (κ2) is 6.79. The van der Waals surface area contributed by atoms with Gasteiger partial charge in [0.1, 0.15) is 6.10 Å². The van der Waals surface area contributed by atoms with E-state index in [1.165, 1.54) is 31.4 Å². The lowest BCUT2D eigenvalue weighted by Crippen LogP contribution is -2.29. The van der Waals surface area contributed by atoms with Crippen molar-refractivity contribution in [1.82, 2.24) is 10.2 Å². The van der Waals surface area contributed by atoms with Crippen LogP contribution in [-0.2, 0) is 9.53 Å². The van der Waals surface area contributed by atoms with E-state index in [0.717, 1.165) is 24.7 Å². The number of nitrogens with one attached hydrogen (secondary N) is 2. The van der Waals surface area contributed by atoms with E-state index < -0.39 is 6.10 Å². The monoisotopic (exact) mass is 340 g/mol. The highest BCUT2D eigenvalue weighted by Gasteiger charge is 2.41. The normalized spacial score (nSPS) is 35.3. The van der Waals surface area contributed by atoms with Crippen molar-refractivity contribution in [3.63, 3.8) is 0 Å². The number of carbonyl (C=O) groups is 1. The number of aromatic amines is 1. The van der Waals surface area contributed by atoms with Crippen molar-refractivity contribution >= 4 is 24.1 Å². The Morgan fingerprint density at radius 3 is 2.87 bits per heavy atom. The molecule has 128 valence electrons. The molecule has 6 nitrogen and oxygen atoms in total. The van der Waals surface area contributed by atoms with Crippen LogP contribution in [0, 0.1) is 11.8 Å². The number of H-pyrrole nitrogens is 1. The summed E-state index contributed by atoms with van der Waals surface area (Å²) in [5.74, 6) is 2.81. The molecule has 2 aliphatic carbocycles. The van der Waals surface area contributed by atoms with Crippen LogP contribution in [0.25, 0.3) is 0 Å². The van der Waals surface area contributed by atoms with Gasteiger partial charge in [0.05, 0.1) is 6.10 Å². The van der Waals surface area contributed by atoms with Crippen LogP contribution in [0.3, 0.4) is 0 Å². The van der Waals surface area contributed by atoms with Crippen LogP contribution in [0.4, 0.5) is 5.82 Å². The molecule has 3 fully saturated rings. The molecule has 23 heavy (non-hydrogen) atoms. The van der Waals surface area contributed by atoms with Gasteiger partial charge >= 0.3 is 0 Å². The Kier molecular flexibility index (Phi) is 4.94. The first-order chi connectivity index (χ1) is 10.7. The van der Waals surface area contributed by atoms with Gasteiger partial charge in [-0.1, -0.05) is 6.42 Å². The van der Waals surface area contributed by atoms with Crippen LogP contribution in [0.1, 0.15) is 50.1 Å². The van der Waals surface area contributed by atoms with E-state index in [2.05, 4.69) is 15.5 Å². The Bertz CT molecular complexity index is 564. The third-order valence-electron chi connectivity index (χ3n) is 5.65. The summed E-state index contributed by atoms with van der Waals surface area (Å²) in [6.45, 7) is 0.473. The van der Waals surface area contributed by atoms with Crippen LogP contribution in [0.15, 0.2) is 6.07 Å². The lowest BCUT2D eigenvalue weighted by molar-refractivity contribution is -0.126. The second-order valence-corrected chi connectivity index (χ2v) is 7.04. The number of nitrogens with two attached hydrogens (primary N) is 1. The number of amides is 1. The Morgan fingerprint density at radius 2 is 2.22 bits per heavy atom. The average Bonchev–Trinajstić information content (AvgIpc) is 3.29. The van der Waals surface area contributed by atoms with Gasteiger partial charge in [-0.25, -0.2) is 0 Å². The van der Waals surface area contributed by atoms with Gasteiger partial charge in [0.2, 0.25) is 0 Å². The SMILES string of the molecule is Cl.NC[C@H]1CC[C@@H](C(=O)Nc2cc(C3CC4CCC3C4)[nH]n2)O1. The first kappa shape index (κ1) is 16.7. The fourth-order valence-corrected chi connectivity index (χ4v) is 4.49. The maximum absolute atomic E-state index is 12.2. The molecule has 4 N–H and O–H groups in total. The fourth-order valence-electron chi connectivity index (χ4n) is 4.49. The van der Waals surface area contributed by atoms with Crippen molar-refractivity contribution in [3.8, 4) is 0 Å². The molecule has 3 unspecified atom stereocenters. The Balaban J connectivity index is 0.00000156. The van der Waals surface area contributed by atoms with Crippen molar-refractivity contribution in [2.45, 2.75) is 56.7 Å². The summed E-state index contributed by atoms with van der Waals surface area (Å²) in [5.41, 5.74) is 6.75. The first-order valence-corrected chi connectivity index (χ1v) is 8.44. The van der Waals surface area contributed by atoms with Gasteiger partial charge in [-0.05, 0) is 43.9 Å². The molecule has 0 aromatic carbocycles. The number of hydrogen-bond donors (Lipinski definition) is 3. The van der Waals surface area contributed by atoms with E-state index in [-0.39, 0.29) is 24.4 Å². The molecule has 3 aliphatic rings. The number of fused-ring (bicyclic) bond motifs is 2. The van der Waals surface area contributed by atoms with Gasteiger partial charge < -0.3 is 15.8 Å². The molecule has 1 saturated heterocycles. The topological polar surface area (TPSA) is 93.0 Å². The molecule has 4 rings (SSSR count). The quantitative estimate of drug-likeness (QED) is 0.783. The highest BCUT2D eigenvalue weighted by atomic mass is 35.5. The summed E-state index contributed by atoms with van der Waals surface area (Å²) in [6.07, 6.45) is 6.57. The Morgan fingerprint density at radius 1 is 1.35 bits per heavy atom. The second-order valence-electron chi connectivity index (χ2n) is 7.04. The first-order valence-electron chi connectivity index (χ1n) is 8.44. The Labute approximate surface area is 142 Å². The molecule has 0 spiro atoms. The average molecular weight is 341 g/mol. The zero-order chi connectivity index (χ0) is 15.1. The summed E-state index contributed by atoms with van der Waals surface area (Å²) in [5, 5.41) is 10.2. The summed E-state index contributed by atoms with van der Waals surface area (Å²) in [7, 11) is 0. The number of anilines is 1. The minimum atomic E-state index is -0.392. The molecular weight excluding hydrogens is 316 g/mol. The van der Waals surface area contributed by atoms with Gasteiger partial charge in [0.25, 0.3) is 5.91 Å². The third kappa shape index (κ3) is 3.25. The number of halogens is 1. The number of rotatable bonds is 4. The van der Waals surface area contributed by atoms with E-state index in [1.54, 1.807) is 0 Å². The minimum Gasteiger partial charge on any atom is -0.364 e. The minimum absolute atomic E-state index is 0. The van der Waals surface area contributed by atoms with Gasteiger partial charge in [0, 0.05) is 24.2 Å². The predicted octanol–water partition coefficient (Wildman–Crippen LogP) is 2.18. The molecule has 1 amide bonds. The van der Waals surface area contributed by atoms with Gasteiger partial charge in [-0.15, -0.1) is 12.4 Å². The van der Waals surface area contributed by atoms with Crippen molar-refractivity contribution in [2.24, 2.45) is 17.6 Å². The van der Waals surface area contributed by atoms with E-state index in [9.17, 15) is 4.79 Å². The molecule has 1 aliphatic heterocycles. The highest BCUT2D eigenvalue weighted by Crippen LogP contribution is 2.52. The molecule has 0 radical (unpaired) electrons. The predicted molar refractivity (Wildman–Crippen MR) is 89.6 cm³/mol. The highest BCUT2D eigenvalue weighted by molar-refractivity contribution is 5.93. The van der Waals surface area contributed by atoms with E-state index in [1.807, 2.05) is 6.07 Å². The van der Waals surface area contributed by atoms with Crippen LogP contribution < -0.4 is 11.1 Å². The molecular formula is C16H25ClN4O2. The van der Waals surface area contributed by atoms with Crippen LogP contribution in [0.5, 0.6) is 0 Å². The van der Waals surface area contributed by atoms with E-state index in [4.69, 9.17) is 10.5 Å². The number of aromatic nitrogens is 2. The standard InChI is InChI=1S/C16H24N4O2.ClH/c17-8-11-3-4-14(22-11)16(21)18-15-7-13(19-20-15)12-6-9-1-2-10(12)5-9;/h7,9-12,14H,1-6,8,17H2,(H2,18,19,20,21);1H/t9?,10?,11-,12?,14+;/m1./s1. The number of carbonyl (C=O) groups excluding carboxylic acids is 1. The number of ether oxygens (including phenoxy) is 1. The summed E-state index contributed by atoms with van der Waals surface area (Å²) in [4.78, 5) is 12.2. The van der Waals surface area contributed by atoms with Gasteiger partial charge in [-0.2, -0.15) is 5.10 Å². The zero-order valence-electron chi connectivity index (χ0n) is 13.2. The van der Waals surface area contributed by atoms with Crippen LogP contribution in [-0.4, -0.2) is 34.9 Å². The van der Waals surface area contributed by atoms with E-state index >= 15 is 0 Å². The molecule has 2 saturated carbocycles. The summed E-state index contributed by atoms with van der Waals surface area (Å²) >= 11 is 0.